The molecule has 5 nitrogen and oxygen atoms in total. The molecule has 0 unspecified atom stereocenters. The van der Waals surface area contributed by atoms with Crippen molar-refractivity contribution >= 4 is 21.6 Å². The largest absolute Gasteiger partial charge is 0.418 e. The number of hydrogen-bond acceptors (Lipinski definition) is 3. The summed E-state index contributed by atoms with van der Waals surface area (Å²) >= 11 is 0. The summed E-state index contributed by atoms with van der Waals surface area (Å²) in [4.78, 5) is 12.2. The Balaban J connectivity index is 1.94. The molecule has 1 atom stereocenters. The van der Waals surface area contributed by atoms with E-state index in [1.165, 1.54) is 10.4 Å². The van der Waals surface area contributed by atoms with Gasteiger partial charge in [0.2, 0.25) is 10.0 Å². The fourth-order valence-corrected chi connectivity index (χ4v) is 5.16. The molecule has 1 fully saturated rings. The molecule has 2 aromatic rings. The lowest BCUT2D eigenvalue weighted by atomic mass is 10.1. The number of nitrogens with zero attached hydrogens (tertiary/aromatic N) is 1. The number of sulfonamides is 1. The summed E-state index contributed by atoms with van der Waals surface area (Å²) in [5, 5.41) is 2.03. The van der Waals surface area contributed by atoms with Crippen molar-refractivity contribution in [2.75, 3.05) is 11.9 Å². The monoisotopic (exact) mass is 444 g/mol. The van der Waals surface area contributed by atoms with E-state index in [1.807, 2.05) is 5.32 Å². The summed E-state index contributed by atoms with van der Waals surface area (Å²) in [5.74, 6) is -2.21. The predicted molar refractivity (Wildman–Crippen MR) is 103 cm³/mol. The standard InChI is InChI=1S/C20H20F4N2O3S/c1-13-6-4-5-11-26(13)30(28,29)14-9-10-17(21)15(12-14)19(27)25-18-8-3-2-7-16(18)20(22,23)24/h2-3,7-10,12-13H,4-6,11H2,1H3,(H,25,27)/t13-/m0/s1. The Bertz CT molecular complexity index is 1050. The molecule has 1 amide bonds. The first-order valence-electron chi connectivity index (χ1n) is 9.31. The van der Waals surface area contributed by atoms with Crippen LogP contribution in [0.3, 0.4) is 0 Å². The second-order valence-corrected chi connectivity index (χ2v) is 8.99. The van der Waals surface area contributed by atoms with Crippen molar-refractivity contribution in [3.05, 3.63) is 59.4 Å². The van der Waals surface area contributed by atoms with Crippen molar-refractivity contribution < 1.29 is 30.8 Å². The van der Waals surface area contributed by atoms with Gasteiger partial charge in [-0.05, 0) is 50.1 Å². The molecule has 0 saturated carbocycles. The molecule has 0 aliphatic carbocycles. The third-order valence-electron chi connectivity index (χ3n) is 5.01. The first-order valence-corrected chi connectivity index (χ1v) is 10.7. The number of hydrogen-bond donors (Lipinski definition) is 1. The van der Waals surface area contributed by atoms with Crippen molar-refractivity contribution in [3.63, 3.8) is 0 Å². The van der Waals surface area contributed by atoms with Crippen LogP contribution in [0.1, 0.15) is 42.1 Å². The summed E-state index contributed by atoms with van der Waals surface area (Å²) in [7, 11) is -3.98. The van der Waals surface area contributed by atoms with Crippen LogP contribution in [0.4, 0.5) is 23.2 Å². The second-order valence-electron chi connectivity index (χ2n) is 7.10. The predicted octanol–water partition coefficient (Wildman–Crippen LogP) is 4.66. The fourth-order valence-electron chi connectivity index (χ4n) is 3.43. The van der Waals surface area contributed by atoms with Gasteiger partial charge >= 0.3 is 6.18 Å². The molecule has 3 rings (SSSR count). The van der Waals surface area contributed by atoms with E-state index >= 15 is 0 Å². The van der Waals surface area contributed by atoms with Gasteiger partial charge < -0.3 is 5.32 Å². The molecule has 0 radical (unpaired) electrons. The van der Waals surface area contributed by atoms with Gasteiger partial charge in [-0.3, -0.25) is 4.79 Å². The number of carbonyl (C=O) groups excluding carboxylic acids is 1. The third kappa shape index (κ3) is 4.49. The molecule has 0 bridgehead atoms. The zero-order chi connectivity index (χ0) is 22.1. The number of nitrogens with one attached hydrogen (secondary N) is 1. The van der Waals surface area contributed by atoms with Crippen molar-refractivity contribution in [1.82, 2.24) is 4.31 Å². The van der Waals surface area contributed by atoms with Crippen molar-refractivity contribution in [2.24, 2.45) is 0 Å². The van der Waals surface area contributed by atoms with Gasteiger partial charge in [0.25, 0.3) is 5.91 Å². The minimum absolute atomic E-state index is 0.246. The number of piperidine rings is 1. The molecule has 1 aliphatic heterocycles. The highest BCUT2D eigenvalue weighted by atomic mass is 32.2. The molecule has 162 valence electrons. The van der Waals surface area contributed by atoms with E-state index in [-0.39, 0.29) is 10.9 Å². The van der Waals surface area contributed by atoms with E-state index in [1.54, 1.807) is 6.92 Å². The topological polar surface area (TPSA) is 66.5 Å². The molecule has 1 aliphatic rings. The lowest BCUT2D eigenvalue weighted by molar-refractivity contribution is -0.136. The summed E-state index contributed by atoms with van der Waals surface area (Å²) in [6.07, 6.45) is -2.46. The number of amides is 1. The van der Waals surface area contributed by atoms with Crippen LogP contribution in [0, 0.1) is 5.82 Å². The van der Waals surface area contributed by atoms with E-state index in [2.05, 4.69) is 0 Å². The number of rotatable bonds is 4. The maximum Gasteiger partial charge on any atom is 0.418 e. The second kappa shape index (κ2) is 8.35. The Morgan fingerprint density at radius 3 is 2.50 bits per heavy atom. The SMILES string of the molecule is C[C@H]1CCCCN1S(=O)(=O)c1ccc(F)c(C(=O)Nc2ccccc2C(F)(F)F)c1. The maximum atomic E-state index is 14.3. The van der Waals surface area contributed by atoms with Gasteiger partial charge in [-0.1, -0.05) is 18.6 Å². The van der Waals surface area contributed by atoms with Crippen LogP contribution in [0.15, 0.2) is 47.4 Å². The van der Waals surface area contributed by atoms with Gasteiger partial charge in [-0.2, -0.15) is 17.5 Å². The van der Waals surface area contributed by atoms with Crippen LogP contribution >= 0.6 is 0 Å². The molecule has 0 spiro atoms. The van der Waals surface area contributed by atoms with Crippen LogP contribution in [-0.2, 0) is 16.2 Å². The molecular weight excluding hydrogens is 424 g/mol. The molecule has 1 N–H and O–H groups in total. The molecule has 1 heterocycles. The Hall–Kier alpha value is -2.46. The zero-order valence-corrected chi connectivity index (χ0v) is 16.9. The van der Waals surface area contributed by atoms with Crippen LogP contribution < -0.4 is 5.32 Å². The van der Waals surface area contributed by atoms with Crippen molar-refractivity contribution in [2.45, 2.75) is 43.3 Å². The summed E-state index contributed by atoms with van der Waals surface area (Å²) < 4.78 is 80.9. The first-order chi connectivity index (χ1) is 14.0. The number of para-hydroxylation sites is 1. The summed E-state index contributed by atoms with van der Waals surface area (Å²) in [6.45, 7) is 2.07. The van der Waals surface area contributed by atoms with Crippen LogP contribution in [0.25, 0.3) is 0 Å². The first kappa shape index (κ1) is 22.2. The van der Waals surface area contributed by atoms with Gasteiger partial charge in [0.05, 0.1) is 21.7 Å². The van der Waals surface area contributed by atoms with Crippen LogP contribution in [0.2, 0.25) is 0 Å². The molecular formula is C20H20F4N2O3S. The lowest BCUT2D eigenvalue weighted by Gasteiger charge is -2.32. The highest BCUT2D eigenvalue weighted by Gasteiger charge is 2.34. The average molecular weight is 444 g/mol. The normalized spacial score (nSPS) is 18.2. The number of alkyl halides is 3. The highest BCUT2D eigenvalue weighted by Crippen LogP contribution is 2.35. The smallest absolute Gasteiger partial charge is 0.321 e. The number of halogens is 4. The number of benzene rings is 2. The molecule has 30 heavy (non-hydrogen) atoms. The minimum atomic E-state index is -4.72. The summed E-state index contributed by atoms with van der Waals surface area (Å²) in [6, 6.07) is 6.76. The van der Waals surface area contributed by atoms with Gasteiger partial charge in [-0.25, -0.2) is 12.8 Å². The number of anilines is 1. The van der Waals surface area contributed by atoms with Gasteiger partial charge in [0.1, 0.15) is 5.82 Å². The lowest BCUT2D eigenvalue weighted by Crippen LogP contribution is -2.42. The van der Waals surface area contributed by atoms with Gasteiger partial charge in [-0.15, -0.1) is 0 Å². The molecule has 2 aromatic carbocycles. The quantitative estimate of drug-likeness (QED) is 0.698. The van der Waals surface area contributed by atoms with E-state index < -0.39 is 44.7 Å². The Labute approximate surface area is 171 Å². The number of carbonyl (C=O) groups is 1. The zero-order valence-electron chi connectivity index (χ0n) is 16.0. The Morgan fingerprint density at radius 2 is 1.83 bits per heavy atom. The van der Waals surface area contributed by atoms with Crippen LogP contribution in [-0.4, -0.2) is 31.2 Å². The van der Waals surface area contributed by atoms with Crippen molar-refractivity contribution in [1.29, 1.82) is 0 Å². The summed E-state index contributed by atoms with van der Waals surface area (Å²) in [5.41, 5.74) is -2.30. The Morgan fingerprint density at radius 1 is 1.13 bits per heavy atom. The van der Waals surface area contributed by atoms with Gasteiger partial charge in [0.15, 0.2) is 0 Å². The molecule has 10 heteroatoms. The van der Waals surface area contributed by atoms with Crippen molar-refractivity contribution in [3.8, 4) is 0 Å². The molecule has 0 aromatic heterocycles. The van der Waals surface area contributed by atoms with E-state index in [4.69, 9.17) is 0 Å². The Kier molecular flexibility index (Phi) is 6.19. The maximum absolute atomic E-state index is 14.3. The average Bonchev–Trinajstić information content (AvgIpc) is 2.68. The molecule has 1 saturated heterocycles. The van der Waals surface area contributed by atoms with E-state index in [0.29, 0.717) is 19.4 Å². The highest BCUT2D eigenvalue weighted by molar-refractivity contribution is 7.89. The third-order valence-corrected chi connectivity index (χ3v) is 7.02. The van der Waals surface area contributed by atoms with E-state index in [0.717, 1.165) is 42.8 Å². The van der Waals surface area contributed by atoms with Gasteiger partial charge in [0, 0.05) is 12.6 Å². The van der Waals surface area contributed by atoms with Crippen LogP contribution in [0.5, 0.6) is 0 Å². The van der Waals surface area contributed by atoms with E-state index in [9.17, 15) is 30.8 Å². The minimum Gasteiger partial charge on any atom is -0.321 e. The fraction of sp³-hybridized carbons (Fsp3) is 0.350.